The van der Waals surface area contributed by atoms with Gasteiger partial charge in [0.2, 0.25) is 0 Å². The maximum absolute atomic E-state index is 13.0. The molecule has 3 rings (SSSR count). The van der Waals surface area contributed by atoms with Gasteiger partial charge in [0, 0.05) is 11.4 Å². The highest BCUT2D eigenvalue weighted by Crippen LogP contribution is 2.28. The summed E-state index contributed by atoms with van der Waals surface area (Å²) in [7, 11) is 0. The van der Waals surface area contributed by atoms with Gasteiger partial charge in [-0.3, -0.25) is 4.79 Å². The Kier molecular flexibility index (Phi) is 4.57. The van der Waals surface area contributed by atoms with Crippen molar-refractivity contribution >= 4 is 34.9 Å². The fourth-order valence-corrected chi connectivity index (χ4v) is 3.54. The van der Waals surface area contributed by atoms with Crippen molar-refractivity contribution in [2.45, 2.75) is 18.9 Å². The highest BCUT2D eigenvalue weighted by Gasteiger charge is 2.35. The number of carbonyl (C=O) groups excluding carboxylic acids is 1. The SMILES string of the molecule is O=C(O)C1CCCN1C(=O)/C(=C/c1ccccc1)c1cccs1. The highest BCUT2D eigenvalue weighted by atomic mass is 32.1. The lowest BCUT2D eigenvalue weighted by Gasteiger charge is -2.22. The first-order chi connectivity index (χ1) is 11.2. The summed E-state index contributed by atoms with van der Waals surface area (Å²) in [6.45, 7) is 0.493. The molecule has 1 saturated heterocycles. The minimum Gasteiger partial charge on any atom is -0.480 e. The molecule has 1 fully saturated rings. The van der Waals surface area contributed by atoms with Crippen LogP contribution in [0.25, 0.3) is 11.6 Å². The van der Waals surface area contributed by atoms with Crippen LogP contribution in [0.5, 0.6) is 0 Å². The standard InChI is InChI=1S/C18H17NO3S/c20-17(19-10-4-8-15(19)18(21)22)14(16-9-5-11-23-16)12-13-6-2-1-3-7-13/h1-3,5-7,9,11-12,15H,4,8,10H2,(H,21,22)/b14-12+. The van der Waals surface area contributed by atoms with Gasteiger partial charge in [0.25, 0.3) is 5.91 Å². The van der Waals surface area contributed by atoms with E-state index in [4.69, 9.17) is 0 Å². The average Bonchev–Trinajstić information content (AvgIpc) is 3.24. The van der Waals surface area contributed by atoms with E-state index >= 15 is 0 Å². The van der Waals surface area contributed by atoms with Crippen molar-refractivity contribution in [3.63, 3.8) is 0 Å². The van der Waals surface area contributed by atoms with Crippen molar-refractivity contribution in [3.05, 3.63) is 58.3 Å². The molecule has 1 N–H and O–H groups in total. The number of hydrogen-bond acceptors (Lipinski definition) is 3. The zero-order valence-electron chi connectivity index (χ0n) is 12.5. The Hall–Kier alpha value is -2.40. The van der Waals surface area contributed by atoms with E-state index < -0.39 is 12.0 Å². The molecular weight excluding hydrogens is 310 g/mol. The van der Waals surface area contributed by atoms with Crippen molar-refractivity contribution in [2.75, 3.05) is 6.54 Å². The first-order valence-electron chi connectivity index (χ1n) is 7.51. The van der Waals surface area contributed by atoms with Gasteiger partial charge < -0.3 is 10.0 Å². The molecule has 1 aliphatic rings. The molecule has 1 atom stereocenters. The van der Waals surface area contributed by atoms with E-state index in [1.807, 2.05) is 53.9 Å². The van der Waals surface area contributed by atoms with Crippen LogP contribution in [0.4, 0.5) is 0 Å². The average molecular weight is 327 g/mol. The van der Waals surface area contributed by atoms with Crippen LogP contribution >= 0.6 is 11.3 Å². The van der Waals surface area contributed by atoms with Gasteiger partial charge in [0.05, 0.1) is 5.57 Å². The summed E-state index contributed by atoms with van der Waals surface area (Å²) in [5.74, 6) is -1.14. The number of carbonyl (C=O) groups is 2. The predicted octanol–water partition coefficient (Wildman–Crippen LogP) is 3.36. The van der Waals surface area contributed by atoms with Crippen molar-refractivity contribution < 1.29 is 14.7 Å². The van der Waals surface area contributed by atoms with Crippen molar-refractivity contribution in [2.24, 2.45) is 0 Å². The molecule has 1 unspecified atom stereocenters. The van der Waals surface area contributed by atoms with E-state index in [0.29, 0.717) is 18.5 Å². The minimum atomic E-state index is -0.930. The van der Waals surface area contributed by atoms with Gasteiger partial charge in [0.15, 0.2) is 0 Å². The van der Waals surface area contributed by atoms with Crippen LogP contribution in [0.3, 0.4) is 0 Å². The number of benzene rings is 1. The van der Waals surface area contributed by atoms with Crippen molar-refractivity contribution in [1.82, 2.24) is 4.90 Å². The quantitative estimate of drug-likeness (QED) is 0.876. The Labute approximate surface area is 138 Å². The molecule has 118 valence electrons. The lowest BCUT2D eigenvalue weighted by atomic mass is 10.1. The van der Waals surface area contributed by atoms with Crippen LogP contribution in [0, 0.1) is 0 Å². The second-order valence-corrected chi connectivity index (χ2v) is 6.39. The molecule has 0 saturated carbocycles. The van der Waals surface area contributed by atoms with E-state index in [-0.39, 0.29) is 5.91 Å². The van der Waals surface area contributed by atoms with Gasteiger partial charge in [-0.2, -0.15) is 0 Å². The smallest absolute Gasteiger partial charge is 0.326 e. The van der Waals surface area contributed by atoms with Gasteiger partial charge in [-0.25, -0.2) is 4.79 Å². The Bertz CT molecular complexity index is 722. The number of thiophene rings is 1. The lowest BCUT2D eigenvalue weighted by molar-refractivity contribution is -0.146. The Morgan fingerprint density at radius 2 is 1.96 bits per heavy atom. The molecule has 0 bridgehead atoms. The summed E-state index contributed by atoms with van der Waals surface area (Å²) in [6.07, 6.45) is 3.08. The number of aliphatic carboxylic acids is 1. The summed E-state index contributed by atoms with van der Waals surface area (Å²) in [5, 5.41) is 11.2. The van der Waals surface area contributed by atoms with Gasteiger partial charge in [-0.15, -0.1) is 11.3 Å². The third-order valence-corrected chi connectivity index (χ3v) is 4.83. The number of amides is 1. The Morgan fingerprint density at radius 3 is 2.61 bits per heavy atom. The number of nitrogens with zero attached hydrogens (tertiary/aromatic N) is 1. The van der Waals surface area contributed by atoms with Gasteiger partial charge in [-0.05, 0) is 35.9 Å². The normalized spacial score (nSPS) is 18.2. The first kappa shape index (κ1) is 15.5. The monoisotopic (exact) mass is 327 g/mol. The molecule has 23 heavy (non-hydrogen) atoms. The van der Waals surface area contributed by atoms with Crippen LogP contribution < -0.4 is 0 Å². The fraction of sp³-hybridized carbons (Fsp3) is 0.222. The molecule has 4 nitrogen and oxygen atoms in total. The first-order valence-corrected chi connectivity index (χ1v) is 8.39. The summed E-state index contributed by atoms with van der Waals surface area (Å²) < 4.78 is 0. The minimum absolute atomic E-state index is 0.207. The number of likely N-dealkylation sites (tertiary alicyclic amines) is 1. The van der Waals surface area contributed by atoms with E-state index in [2.05, 4.69) is 0 Å². The maximum Gasteiger partial charge on any atom is 0.326 e. The van der Waals surface area contributed by atoms with Gasteiger partial charge in [-0.1, -0.05) is 36.4 Å². The van der Waals surface area contributed by atoms with E-state index in [1.54, 1.807) is 0 Å². The molecule has 2 aromatic rings. The number of carboxylic acid groups (broad SMARTS) is 1. The lowest BCUT2D eigenvalue weighted by Crippen LogP contribution is -2.40. The van der Waals surface area contributed by atoms with Crippen LogP contribution in [-0.2, 0) is 9.59 Å². The summed E-state index contributed by atoms with van der Waals surface area (Å²) in [5.41, 5.74) is 1.48. The van der Waals surface area contributed by atoms with Crippen molar-refractivity contribution in [3.8, 4) is 0 Å². The molecule has 5 heteroatoms. The zero-order valence-corrected chi connectivity index (χ0v) is 13.3. The van der Waals surface area contributed by atoms with Crippen LogP contribution in [0.2, 0.25) is 0 Å². The van der Waals surface area contributed by atoms with E-state index in [9.17, 15) is 14.7 Å². The molecule has 1 aliphatic heterocycles. The number of hydrogen-bond donors (Lipinski definition) is 1. The van der Waals surface area contributed by atoms with Gasteiger partial charge >= 0.3 is 5.97 Å². The molecule has 0 radical (unpaired) electrons. The molecule has 2 heterocycles. The number of rotatable bonds is 4. The second-order valence-electron chi connectivity index (χ2n) is 5.44. The molecule has 1 amide bonds. The van der Waals surface area contributed by atoms with Crippen LogP contribution in [0.15, 0.2) is 47.8 Å². The topological polar surface area (TPSA) is 57.6 Å². The largest absolute Gasteiger partial charge is 0.480 e. The van der Waals surface area contributed by atoms with Crippen LogP contribution in [0.1, 0.15) is 23.3 Å². The third-order valence-electron chi connectivity index (χ3n) is 3.93. The molecule has 1 aromatic heterocycles. The van der Waals surface area contributed by atoms with E-state index in [0.717, 1.165) is 16.9 Å². The Balaban J connectivity index is 1.97. The molecule has 0 spiro atoms. The molecular formula is C18H17NO3S. The maximum atomic E-state index is 13.0. The Morgan fingerprint density at radius 1 is 1.17 bits per heavy atom. The second kappa shape index (κ2) is 6.79. The molecule has 0 aliphatic carbocycles. The highest BCUT2D eigenvalue weighted by molar-refractivity contribution is 7.11. The summed E-state index contributed by atoms with van der Waals surface area (Å²) in [4.78, 5) is 26.7. The fourth-order valence-electron chi connectivity index (χ4n) is 2.81. The van der Waals surface area contributed by atoms with Crippen LogP contribution in [-0.4, -0.2) is 34.5 Å². The molecule has 1 aromatic carbocycles. The van der Waals surface area contributed by atoms with Gasteiger partial charge in [0.1, 0.15) is 6.04 Å². The zero-order chi connectivity index (χ0) is 16.2. The van der Waals surface area contributed by atoms with E-state index in [1.165, 1.54) is 16.2 Å². The predicted molar refractivity (Wildman–Crippen MR) is 91.0 cm³/mol. The summed E-state index contributed by atoms with van der Waals surface area (Å²) in [6, 6.07) is 12.7. The number of carboxylic acids is 1. The summed E-state index contributed by atoms with van der Waals surface area (Å²) >= 11 is 1.48. The van der Waals surface area contributed by atoms with Crippen molar-refractivity contribution in [1.29, 1.82) is 0 Å². The third kappa shape index (κ3) is 3.35.